The van der Waals surface area contributed by atoms with Crippen LogP contribution in [0.2, 0.25) is 0 Å². The number of rotatable bonds is 3. The van der Waals surface area contributed by atoms with E-state index >= 15 is 0 Å². The highest BCUT2D eigenvalue weighted by Gasteiger charge is 2.19. The van der Waals surface area contributed by atoms with E-state index in [-0.39, 0.29) is 5.75 Å². The van der Waals surface area contributed by atoms with Crippen LogP contribution in [-0.2, 0) is 0 Å². The number of hydrogen-bond acceptors (Lipinski definition) is 5. The van der Waals surface area contributed by atoms with Crippen LogP contribution < -0.4 is 4.90 Å². The molecule has 3 heterocycles. The largest absolute Gasteiger partial charge is 0.508 e. The summed E-state index contributed by atoms with van der Waals surface area (Å²) in [5.41, 5.74) is 4.00. The zero-order chi connectivity index (χ0) is 18.9. The van der Waals surface area contributed by atoms with E-state index in [0.29, 0.717) is 5.82 Å². The van der Waals surface area contributed by atoms with Gasteiger partial charge in [0.15, 0.2) is 5.82 Å². The Morgan fingerprint density at radius 2 is 1.61 bits per heavy atom. The molecule has 2 aromatic carbocycles. The summed E-state index contributed by atoms with van der Waals surface area (Å²) in [6.07, 6.45) is 5.94. The Balaban J connectivity index is 1.69. The zero-order valence-electron chi connectivity index (χ0n) is 15.4. The van der Waals surface area contributed by atoms with Crippen LogP contribution in [0.3, 0.4) is 0 Å². The van der Waals surface area contributed by atoms with Gasteiger partial charge in [-0.15, -0.1) is 0 Å². The summed E-state index contributed by atoms with van der Waals surface area (Å²) in [6, 6.07) is 17.5. The summed E-state index contributed by atoms with van der Waals surface area (Å²) in [6.45, 7) is 2.03. The van der Waals surface area contributed by atoms with E-state index in [1.54, 1.807) is 24.5 Å². The van der Waals surface area contributed by atoms with Gasteiger partial charge in [-0.2, -0.15) is 0 Å². The minimum Gasteiger partial charge on any atom is -0.508 e. The topological polar surface area (TPSA) is 62.1 Å². The van der Waals surface area contributed by atoms with Crippen LogP contribution in [0.5, 0.6) is 5.75 Å². The van der Waals surface area contributed by atoms with Crippen molar-refractivity contribution < 1.29 is 5.11 Å². The first-order valence-corrected chi connectivity index (χ1v) is 9.54. The van der Waals surface area contributed by atoms with Crippen LogP contribution in [0.1, 0.15) is 12.8 Å². The number of aromatic hydroxyl groups is 1. The van der Waals surface area contributed by atoms with E-state index in [1.165, 1.54) is 12.8 Å². The maximum atomic E-state index is 9.57. The highest BCUT2D eigenvalue weighted by atomic mass is 16.3. The maximum absolute atomic E-state index is 9.57. The fourth-order valence-corrected chi connectivity index (χ4v) is 3.74. The fourth-order valence-electron chi connectivity index (χ4n) is 3.74. The number of fused-ring (bicyclic) bond motifs is 1. The van der Waals surface area contributed by atoms with Crippen LogP contribution in [0.25, 0.3) is 33.4 Å². The molecule has 0 amide bonds. The van der Waals surface area contributed by atoms with Crippen molar-refractivity contribution >= 4 is 16.7 Å². The molecule has 1 aliphatic heterocycles. The highest BCUT2D eigenvalue weighted by molar-refractivity contribution is 5.94. The predicted octanol–water partition coefficient (Wildman–Crippen LogP) is 4.66. The van der Waals surface area contributed by atoms with Gasteiger partial charge in [0, 0.05) is 36.4 Å². The molecule has 0 bridgehead atoms. The van der Waals surface area contributed by atoms with Crippen LogP contribution in [0, 0.1) is 0 Å². The predicted molar refractivity (Wildman–Crippen MR) is 111 cm³/mol. The van der Waals surface area contributed by atoms with E-state index in [2.05, 4.69) is 28.1 Å². The quantitative estimate of drug-likeness (QED) is 0.570. The molecule has 0 radical (unpaired) electrons. The number of phenolic OH excluding ortho intramolecular Hbond substituents is 1. The number of anilines is 1. The molecule has 1 aliphatic rings. The van der Waals surface area contributed by atoms with Crippen LogP contribution in [0.15, 0.2) is 67.0 Å². The zero-order valence-corrected chi connectivity index (χ0v) is 15.4. The molecular weight excluding hydrogens is 348 g/mol. The van der Waals surface area contributed by atoms with Gasteiger partial charge in [-0.3, -0.25) is 4.98 Å². The number of aromatic nitrogens is 3. The van der Waals surface area contributed by atoms with Crippen molar-refractivity contribution in [3.8, 4) is 28.3 Å². The standard InChI is InChI=1S/C23H20N4O/c28-19-8-5-16(6-9-19)17-7-10-21-20(14-17)23(27-12-1-2-13-27)26-22(25-21)18-4-3-11-24-15-18/h3-11,14-15,28H,1-2,12-13H2. The van der Waals surface area contributed by atoms with Crippen molar-refractivity contribution in [3.63, 3.8) is 0 Å². The Morgan fingerprint density at radius 1 is 0.821 bits per heavy atom. The molecule has 2 aromatic heterocycles. The molecule has 4 aromatic rings. The molecule has 1 fully saturated rings. The number of pyridine rings is 1. The second kappa shape index (κ2) is 6.93. The lowest BCUT2D eigenvalue weighted by molar-refractivity contribution is 0.475. The molecule has 0 unspecified atom stereocenters. The monoisotopic (exact) mass is 368 g/mol. The first kappa shape index (κ1) is 16.7. The van der Waals surface area contributed by atoms with Gasteiger partial charge in [0.2, 0.25) is 0 Å². The Morgan fingerprint density at radius 3 is 2.36 bits per heavy atom. The normalized spacial score (nSPS) is 13.9. The minimum absolute atomic E-state index is 0.270. The lowest BCUT2D eigenvalue weighted by atomic mass is 10.0. The third-order valence-electron chi connectivity index (χ3n) is 5.20. The second-order valence-corrected chi connectivity index (χ2v) is 7.09. The van der Waals surface area contributed by atoms with E-state index in [1.807, 2.05) is 24.3 Å². The summed E-state index contributed by atoms with van der Waals surface area (Å²) in [5.74, 6) is 1.97. The lowest BCUT2D eigenvalue weighted by Gasteiger charge is -2.20. The number of nitrogens with zero attached hydrogens (tertiary/aromatic N) is 4. The summed E-state index contributed by atoms with van der Waals surface area (Å²) in [5, 5.41) is 10.6. The first-order chi connectivity index (χ1) is 13.8. The molecule has 5 nitrogen and oxygen atoms in total. The lowest BCUT2D eigenvalue weighted by Crippen LogP contribution is -2.20. The maximum Gasteiger partial charge on any atom is 0.163 e. The van der Waals surface area contributed by atoms with Crippen molar-refractivity contribution in [2.24, 2.45) is 0 Å². The average Bonchev–Trinajstić information content (AvgIpc) is 3.28. The molecule has 28 heavy (non-hydrogen) atoms. The molecule has 0 spiro atoms. The third-order valence-corrected chi connectivity index (χ3v) is 5.20. The van der Waals surface area contributed by atoms with Gasteiger partial charge in [0.05, 0.1) is 5.52 Å². The summed E-state index contributed by atoms with van der Waals surface area (Å²) in [4.78, 5) is 16.3. The molecule has 5 heteroatoms. The van der Waals surface area contributed by atoms with Crippen molar-refractivity contribution in [1.82, 2.24) is 15.0 Å². The van der Waals surface area contributed by atoms with Gasteiger partial charge in [-0.1, -0.05) is 18.2 Å². The molecular formula is C23H20N4O. The molecule has 0 aliphatic carbocycles. The van der Waals surface area contributed by atoms with E-state index in [4.69, 9.17) is 9.97 Å². The molecule has 5 rings (SSSR count). The molecule has 1 saturated heterocycles. The molecule has 1 N–H and O–H groups in total. The molecule has 0 atom stereocenters. The minimum atomic E-state index is 0.270. The van der Waals surface area contributed by atoms with Crippen LogP contribution in [-0.4, -0.2) is 33.1 Å². The van der Waals surface area contributed by atoms with Crippen LogP contribution in [0.4, 0.5) is 5.82 Å². The van der Waals surface area contributed by atoms with Crippen LogP contribution >= 0.6 is 0 Å². The smallest absolute Gasteiger partial charge is 0.163 e. The summed E-state index contributed by atoms with van der Waals surface area (Å²) in [7, 11) is 0. The Kier molecular flexibility index (Phi) is 4.13. The van der Waals surface area contributed by atoms with Gasteiger partial charge in [0.1, 0.15) is 11.6 Å². The van der Waals surface area contributed by atoms with Gasteiger partial charge in [-0.05, 0) is 60.4 Å². The number of hydrogen-bond donors (Lipinski definition) is 1. The van der Waals surface area contributed by atoms with Gasteiger partial charge >= 0.3 is 0 Å². The Hall–Kier alpha value is -3.47. The SMILES string of the molecule is Oc1ccc(-c2ccc3nc(-c4cccnc4)nc(N4CCCC4)c3c2)cc1. The van der Waals surface area contributed by atoms with Gasteiger partial charge in [-0.25, -0.2) is 9.97 Å². The fraction of sp³-hybridized carbons (Fsp3) is 0.174. The van der Waals surface area contributed by atoms with Gasteiger partial charge in [0.25, 0.3) is 0 Å². The Labute approximate surface area is 163 Å². The third kappa shape index (κ3) is 3.05. The summed E-state index contributed by atoms with van der Waals surface area (Å²) >= 11 is 0. The number of phenols is 1. The summed E-state index contributed by atoms with van der Waals surface area (Å²) < 4.78 is 0. The van der Waals surface area contributed by atoms with Gasteiger partial charge < -0.3 is 10.0 Å². The van der Waals surface area contributed by atoms with Crippen molar-refractivity contribution in [2.45, 2.75) is 12.8 Å². The molecule has 0 saturated carbocycles. The van der Waals surface area contributed by atoms with E-state index in [9.17, 15) is 5.11 Å². The molecule has 138 valence electrons. The highest BCUT2D eigenvalue weighted by Crippen LogP contribution is 2.33. The van der Waals surface area contributed by atoms with Crippen molar-refractivity contribution in [2.75, 3.05) is 18.0 Å². The average molecular weight is 368 g/mol. The van der Waals surface area contributed by atoms with Crippen molar-refractivity contribution in [1.29, 1.82) is 0 Å². The van der Waals surface area contributed by atoms with Crippen molar-refractivity contribution in [3.05, 3.63) is 67.0 Å². The van der Waals surface area contributed by atoms with E-state index < -0.39 is 0 Å². The second-order valence-electron chi connectivity index (χ2n) is 7.09. The first-order valence-electron chi connectivity index (χ1n) is 9.54. The Bertz CT molecular complexity index is 1120. The van der Waals surface area contributed by atoms with E-state index in [0.717, 1.165) is 46.5 Å². The number of benzene rings is 2.